The summed E-state index contributed by atoms with van der Waals surface area (Å²) in [6.07, 6.45) is 76.6. The number of hydrogen-bond acceptors (Lipinski definition) is 6. The Morgan fingerprint density at radius 3 is 1.29 bits per heavy atom. The molecule has 10 heteroatoms. The van der Waals surface area contributed by atoms with Gasteiger partial charge >= 0.3 is 13.8 Å². The third-order valence-electron chi connectivity index (χ3n) is 13.2. The van der Waals surface area contributed by atoms with E-state index in [0.717, 1.165) is 116 Å². The molecule has 3 unspecified atom stereocenters. The van der Waals surface area contributed by atoms with Crippen LogP contribution in [0.25, 0.3) is 0 Å². The number of esters is 1. The third-order valence-corrected chi connectivity index (χ3v) is 14.2. The molecule has 0 spiro atoms. The van der Waals surface area contributed by atoms with E-state index >= 15 is 0 Å². The van der Waals surface area contributed by atoms with Crippen molar-refractivity contribution in [2.45, 2.75) is 264 Å². The van der Waals surface area contributed by atoms with Crippen LogP contribution in [0.5, 0.6) is 0 Å². The van der Waals surface area contributed by atoms with Gasteiger partial charge in [0.25, 0.3) is 0 Å². The highest BCUT2D eigenvalue weighted by atomic mass is 31.2. The van der Waals surface area contributed by atoms with E-state index in [4.69, 9.17) is 13.8 Å². The Morgan fingerprint density at radius 2 is 0.831 bits per heavy atom. The first kappa shape index (κ1) is 73.7. The predicted molar refractivity (Wildman–Crippen MR) is 332 cm³/mol. The maximum atomic E-state index is 13.5. The molecule has 0 saturated heterocycles. The van der Waals surface area contributed by atoms with Crippen LogP contribution in [-0.4, -0.2) is 74.3 Å². The van der Waals surface area contributed by atoms with E-state index in [2.05, 4.69) is 123 Å². The topological polar surface area (TPSA) is 111 Å². The first-order valence-corrected chi connectivity index (χ1v) is 32.7. The molecule has 0 aliphatic rings. The molecule has 0 aromatic heterocycles. The summed E-state index contributed by atoms with van der Waals surface area (Å²) in [6, 6.07) is -0.873. The second kappa shape index (κ2) is 56.0. The fourth-order valence-corrected chi connectivity index (χ4v) is 9.12. The molecule has 0 radical (unpaired) electrons. The molecule has 0 heterocycles. The Labute approximate surface area is 474 Å². The van der Waals surface area contributed by atoms with Gasteiger partial charge in [-0.2, -0.15) is 0 Å². The van der Waals surface area contributed by atoms with E-state index in [1.165, 1.54) is 96.3 Å². The Bertz CT molecular complexity index is 1690. The van der Waals surface area contributed by atoms with Gasteiger partial charge in [-0.15, -0.1) is 0 Å². The molecule has 0 saturated carbocycles. The third kappa shape index (κ3) is 57.2. The van der Waals surface area contributed by atoms with Crippen molar-refractivity contribution in [3.8, 4) is 0 Å². The summed E-state index contributed by atoms with van der Waals surface area (Å²) in [5, 5.41) is 3.04. The van der Waals surface area contributed by atoms with E-state index in [1.807, 2.05) is 33.3 Å². The first-order valence-electron chi connectivity index (χ1n) is 31.2. The molecule has 0 aromatic rings. The number of hydrogen-bond donors (Lipinski definition) is 2. The predicted octanol–water partition coefficient (Wildman–Crippen LogP) is 19.3. The summed E-state index contributed by atoms with van der Waals surface area (Å²) >= 11 is 0. The van der Waals surface area contributed by atoms with Crippen molar-refractivity contribution in [1.29, 1.82) is 0 Å². The lowest BCUT2D eigenvalue weighted by molar-refractivity contribution is -0.870. The minimum atomic E-state index is -4.46. The van der Waals surface area contributed by atoms with E-state index < -0.39 is 20.0 Å². The summed E-state index contributed by atoms with van der Waals surface area (Å²) in [6.45, 7) is 6.83. The van der Waals surface area contributed by atoms with Crippen LogP contribution in [0.2, 0.25) is 0 Å². The van der Waals surface area contributed by atoms with Gasteiger partial charge in [0, 0.05) is 12.8 Å². The van der Waals surface area contributed by atoms with Gasteiger partial charge in [0.1, 0.15) is 19.3 Å². The highest BCUT2D eigenvalue weighted by Gasteiger charge is 2.30. The fraction of sp³-hybridized carbons (Fsp3) is 0.701. The second-order valence-corrected chi connectivity index (χ2v) is 23.3. The molecule has 0 fully saturated rings. The number of phosphoric acid groups is 1. The average molecular weight is 1090 g/mol. The Balaban J connectivity index is 5.29. The normalized spacial score (nSPS) is 14.4. The number of nitrogens with one attached hydrogen (secondary N) is 1. The first-order chi connectivity index (χ1) is 37.4. The Morgan fingerprint density at radius 1 is 0.468 bits per heavy atom. The molecular formula is C67H118N2O7P+. The van der Waals surface area contributed by atoms with Gasteiger partial charge in [-0.3, -0.25) is 18.6 Å². The summed E-state index contributed by atoms with van der Waals surface area (Å²) < 4.78 is 30.7. The number of unbranched alkanes of at least 4 members (excludes halogenated alkanes) is 23. The number of carbonyl (C=O) groups excluding carboxylic acids is 2. The maximum absolute atomic E-state index is 13.5. The summed E-state index contributed by atoms with van der Waals surface area (Å²) in [5.74, 6) is -0.557. The highest BCUT2D eigenvalue weighted by Crippen LogP contribution is 2.43. The van der Waals surface area contributed by atoms with Crippen LogP contribution in [0.4, 0.5) is 0 Å². The van der Waals surface area contributed by atoms with E-state index in [0.29, 0.717) is 23.9 Å². The zero-order valence-corrected chi connectivity index (χ0v) is 51.3. The number of carbonyl (C=O) groups is 2. The molecule has 0 bridgehead atoms. The summed E-state index contributed by atoms with van der Waals surface area (Å²) in [5.41, 5.74) is 0. The molecule has 0 aromatic carbocycles. The monoisotopic (exact) mass is 1090 g/mol. The fourth-order valence-electron chi connectivity index (χ4n) is 8.38. The standard InChI is InChI=1S/C67H117N2O7P/c1-7-10-13-16-19-22-25-27-29-31-33-34-36-37-39-41-44-47-50-53-56-59-66(70)68-64(63-75-77(72,73)74-62-61-69(4,5)6)65(58-55-52-49-46-43-24-21-18-15-12-9-3)76-67(71)60-57-54-51-48-45-42-40-38-35-32-30-28-26-23-20-17-14-11-8-2/h11,14,19-20,22-23,27-30,33-35,38,42,45,55,58,64-65H,7-10,12-13,15-18,21,24-26,31-32,36-37,39-41,43-44,46-54,56-57,59-63H2,1-6H3,(H-,68,70,72,73)/p+1/b14-11-,22-19-,23-20-,29-27-,30-28-,34-33-,38-35-,45-42-,58-55+. The average Bonchev–Trinajstić information content (AvgIpc) is 3.39. The van der Waals surface area contributed by atoms with Crippen LogP contribution >= 0.6 is 7.82 Å². The smallest absolute Gasteiger partial charge is 0.456 e. The molecule has 0 aliphatic carbocycles. The van der Waals surface area contributed by atoms with E-state index in [9.17, 15) is 19.0 Å². The molecule has 1 amide bonds. The largest absolute Gasteiger partial charge is 0.472 e. The van der Waals surface area contributed by atoms with Gasteiger partial charge in [0.2, 0.25) is 5.91 Å². The maximum Gasteiger partial charge on any atom is 0.472 e. The molecule has 0 rings (SSSR count). The molecule has 442 valence electrons. The molecule has 2 N–H and O–H groups in total. The quantitative estimate of drug-likeness (QED) is 0.0205. The van der Waals surface area contributed by atoms with Gasteiger partial charge < -0.3 is 19.4 Å². The van der Waals surface area contributed by atoms with Crippen LogP contribution in [0.15, 0.2) is 109 Å². The van der Waals surface area contributed by atoms with Crippen LogP contribution < -0.4 is 5.32 Å². The summed E-state index contributed by atoms with van der Waals surface area (Å²) in [7, 11) is 1.46. The van der Waals surface area contributed by atoms with Crippen molar-refractivity contribution < 1.29 is 37.3 Å². The number of nitrogens with zero attached hydrogens (tertiary/aromatic N) is 1. The van der Waals surface area contributed by atoms with Crippen molar-refractivity contribution in [2.75, 3.05) is 40.9 Å². The lowest BCUT2D eigenvalue weighted by Gasteiger charge is -2.27. The molecule has 77 heavy (non-hydrogen) atoms. The minimum Gasteiger partial charge on any atom is -0.456 e. The Hall–Kier alpha value is -3.33. The van der Waals surface area contributed by atoms with Crippen molar-refractivity contribution in [3.63, 3.8) is 0 Å². The zero-order chi connectivity index (χ0) is 56.4. The number of phosphoric ester groups is 1. The molecule has 9 nitrogen and oxygen atoms in total. The molecule has 0 aliphatic heterocycles. The van der Waals surface area contributed by atoms with Crippen LogP contribution in [-0.2, 0) is 27.9 Å². The molecular weight excluding hydrogens is 976 g/mol. The van der Waals surface area contributed by atoms with Crippen molar-refractivity contribution in [3.05, 3.63) is 109 Å². The number of likely N-dealkylation sites (N-methyl/N-ethyl adjacent to an activating group) is 1. The minimum absolute atomic E-state index is 0.0275. The van der Waals surface area contributed by atoms with Crippen LogP contribution in [0, 0.1) is 0 Å². The number of allylic oxidation sites excluding steroid dienone is 17. The van der Waals surface area contributed by atoms with Gasteiger partial charge in [-0.1, -0.05) is 233 Å². The zero-order valence-electron chi connectivity index (χ0n) is 50.4. The Kier molecular flexibility index (Phi) is 53.5. The van der Waals surface area contributed by atoms with Crippen molar-refractivity contribution in [1.82, 2.24) is 5.32 Å². The van der Waals surface area contributed by atoms with E-state index in [1.54, 1.807) is 0 Å². The van der Waals surface area contributed by atoms with Crippen LogP contribution in [0.1, 0.15) is 252 Å². The van der Waals surface area contributed by atoms with Gasteiger partial charge in [0.05, 0.1) is 33.8 Å². The number of quaternary nitrogens is 1. The number of amides is 1. The summed E-state index contributed by atoms with van der Waals surface area (Å²) in [4.78, 5) is 37.7. The van der Waals surface area contributed by atoms with Gasteiger partial charge in [-0.05, 0) is 115 Å². The van der Waals surface area contributed by atoms with Gasteiger partial charge in [-0.25, -0.2) is 4.57 Å². The lowest BCUT2D eigenvalue weighted by Crippen LogP contribution is -2.47. The molecule has 3 atom stereocenters. The SMILES string of the molecule is CC/C=C\C/C=C\C/C=C\C/C=C\C/C=C\CCCCCC(=O)OC(/C=C/CCCCCCCCCCC)C(COP(=O)(O)OCC[N+](C)(C)C)NC(=O)CCCCCCCCCC/C=C\C/C=C\C/C=C\CCCCC. The number of ether oxygens (including phenoxy) is 1. The second-order valence-electron chi connectivity index (χ2n) is 21.8. The van der Waals surface area contributed by atoms with Crippen molar-refractivity contribution >= 4 is 19.7 Å². The van der Waals surface area contributed by atoms with E-state index in [-0.39, 0.29) is 31.5 Å². The van der Waals surface area contributed by atoms with Crippen molar-refractivity contribution in [2.24, 2.45) is 0 Å². The van der Waals surface area contributed by atoms with Crippen LogP contribution in [0.3, 0.4) is 0 Å². The lowest BCUT2D eigenvalue weighted by atomic mass is 10.0. The van der Waals surface area contributed by atoms with Gasteiger partial charge in [0.15, 0.2) is 0 Å². The number of rotatable bonds is 55. The highest BCUT2D eigenvalue weighted by molar-refractivity contribution is 7.47.